The molecule has 1 aliphatic carbocycles. The van der Waals surface area contributed by atoms with E-state index in [1.807, 2.05) is 31.2 Å². The van der Waals surface area contributed by atoms with Crippen LogP contribution in [0, 0.1) is 12.8 Å². The largest absolute Gasteiger partial charge is 0.488 e. The Morgan fingerprint density at radius 2 is 2.24 bits per heavy atom. The van der Waals surface area contributed by atoms with Crippen LogP contribution in [0.2, 0.25) is 0 Å². The third-order valence-corrected chi connectivity index (χ3v) is 3.91. The zero-order chi connectivity index (χ0) is 15.2. The van der Waals surface area contributed by atoms with Crippen molar-refractivity contribution in [3.8, 4) is 5.75 Å². The van der Waals surface area contributed by atoms with Crippen molar-refractivity contribution in [2.24, 2.45) is 5.92 Å². The zero-order valence-corrected chi connectivity index (χ0v) is 12.3. The van der Waals surface area contributed by atoms with Gasteiger partial charge in [-0.2, -0.15) is 0 Å². The van der Waals surface area contributed by atoms with Crippen LogP contribution >= 0.6 is 0 Å². The Kier molecular flexibility index (Phi) is 5.59. The third kappa shape index (κ3) is 4.44. The maximum Gasteiger partial charge on any atom is 0.245 e. The van der Waals surface area contributed by atoms with Crippen molar-refractivity contribution >= 4 is 5.91 Å². The third-order valence-electron chi connectivity index (χ3n) is 3.91. The first kappa shape index (κ1) is 15.8. The van der Waals surface area contributed by atoms with E-state index < -0.39 is 18.6 Å². The summed E-state index contributed by atoms with van der Waals surface area (Å²) >= 11 is 0. The molecule has 1 fully saturated rings. The minimum atomic E-state index is -0.613. The zero-order valence-electron chi connectivity index (χ0n) is 12.3. The fraction of sp³-hybridized carbons (Fsp3) is 0.562. The molecule has 0 unspecified atom stereocenters. The monoisotopic (exact) mass is 293 g/mol. The number of nitrogens with one attached hydrogen (secondary N) is 1. The van der Waals surface area contributed by atoms with E-state index in [4.69, 9.17) is 9.84 Å². The maximum atomic E-state index is 11.1. The molecule has 1 aliphatic rings. The van der Waals surface area contributed by atoms with Gasteiger partial charge in [-0.25, -0.2) is 0 Å². The number of aliphatic hydroxyl groups is 2. The predicted octanol–water partition coefficient (Wildman–Crippen LogP) is 1.01. The normalized spacial score (nSPS) is 25.4. The van der Waals surface area contributed by atoms with Crippen molar-refractivity contribution in [3.05, 3.63) is 29.8 Å². The molecule has 1 aromatic rings. The van der Waals surface area contributed by atoms with E-state index in [1.165, 1.54) is 0 Å². The van der Waals surface area contributed by atoms with E-state index >= 15 is 0 Å². The van der Waals surface area contributed by atoms with E-state index in [0.29, 0.717) is 6.54 Å². The first-order chi connectivity index (χ1) is 10.1. The molecule has 0 saturated heterocycles. The summed E-state index contributed by atoms with van der Waals surface area (Å²) in [6.45, 7) is 1.84. The van der Waals surface area contributed by atoms with Crippen LogP contribution < -0.4 is 10.1 Å². The van der Waals surface area contributed by atoms with Gasteiger partial charge < -0.3 is 20.3 Å². The highest BCUT2D eigenvalue weighted by atomic mass is 16.5. The Hall–Kier alpha value is -1.59. The smallest absolute Gasteiger partial charge is 0.245 e. The molecule has 0 heterocycles. The topological polar surface area (TPSA) is 78.8 Å². The lowest BCUT2D eigenvalue weighted by Gasteiger charge is -2.35. The highest BCUT2D eigenvalue weighted by Crippen LogP contribution is 2.28. The molecule has 0 bridgehead atoms. The molecule has 5 heteroatoms. The molecule has 116 valence electrons. The SMILES string of the molecule is Cc1cccc(O[C@@H]2CCC[C@H](CNC(=O)CO)[C@H]2O)c1. The molecule has 5 nitrogen and oxygen atoms in total. The van der Waals surface area contributed by atoms with Gasteiger partial charge in [-0.3, -0.25) is 4.79 Å². The molecular formula is C16H23NO4. The molecule has 0 radical (unpaired) electrons. The van der Waals surface area contributed by atoms with Gasteiger partial charge in [0.25, 0.3) is 0 Å². The number of benzene rings is 1. The summed E-state index contributed by atoms with van der Waals surface area (Å²) < 4.78 is 5.90. The number of carbonyl (C=O) groups is 1. The van der Waals surface area contributed by atoms with Gasteiger partial charge in [0, 0.05) is 12.5 Å². The van der Waals surface area contributed by atoms with Crippen LogP contribution in [0.15, 0.2) is 24.3 Å². The molecule has 1 amide bonds. The first-order valence-corrected chi connectivity index (χ1v) is 7.39. The van der Waals surface area contributed by atoms with Gasteiger partial charge in [0.05, 0.1) is 6.10 Å². The number of hydrogen-bond acceptors (Lipinski definition) is 4. The van der Waals surface area contributed by atoms with Gasteiger partial charge in [-0.1, -0.05) is 12.1 Å². The summed E-state index contributed by atoms with van der Waals surface area (Å²) in [4.78, 5) is 11.1. The van der Waals surface area contributed by atoms with Crippen molar-refractivity contribution < 1.29 is 19.7 Å². The van der Waals surface area contributed by atoms with Crippen LogP contribution in [0.4, 0.5) is 0 Å². The van der Waals surface area contributed by atoms with Crippen molar-refractivity contribution in [2.45, 2.75) is 38.4 Å². The summed E-state index contributed by atoms with van der Waals surface area (Å²) in [5.74, 6) is 0.312. The Bertz CT molecular complexity index is 477. The van der Waals surface area contributed by atoms with Crippen LogP contribution in [0.25, 0.3) is 0 Å². The molecule has 21 heavy (non-hydrogen) atoms. The van der Waals surface area contributed by atoms with Crippen molar-refractivity contribution in [3.63, 3.8) is 0 Å². The van der Waals surface area contributed by atoms with Crippen LogP contribution in [0.5, 0.6) is 5.75 Å². The molecule has 2 rings (SSSR count). The summed E-state index contributed by atoms with van der Waals surface area (Å²) in [5.41, 5.74) is 1.12. The lowest BCUT2D eigenvalue weighted by Crippen LogP contribution is -2.46. The summed E-state index contributed by atoms with van der Waals surface area (Å²) in [6, 6.07) is 7.76. The average molecular weight is 293 g/mol. The standard InChI is InChI=1S/C16H23NO4/c1-11-4-2-6-13(8-11)21-14-7-3-5-12(16(14)20)9-17-15(19)10-18/h2,4,6,8,12,14,16,18,20H,3,5,7,9-10H2,1H3,(H,17,19)/t12-,14-,16-/m1/s1. The van der Waals surface area contributed by atoms with Crippen LogP contribution in [-0.4, -0.2) is 41.5 Å². The molecule has 0 aromatic heterocycles. The Morgan fingerprint density at radius 1 is 1.43 bits per heavy atom. The maximum absolute atomic E-state index is 11.1. The molecule has 1 saturated carbocycles. The number of ether oxygens (including phenoxy) is 1. The minimum absolute atomic E-state index is 0.0379. The van der Waals surface area contributed by atoms with E-state index in [1.54, 1.807) is 0 Å². The summed E-state index contributed by atoms with van der Waals surface area (Å²) in [6.07, 6.45) is 1.74. The van der Waals surface area contributed by atoms with Gasteiger partial charge in [0.15, 0.2) is 0 Å². The van der Waals surface area contributed by atoms with E-state index in [2.05, 4.69) is 5.32 Å². The highest BCUT2D eigenvalue weighted by Gasteiger charge is 2.33. The Labute approximate surface area is 124 Å². The van der Waals surface area contributed by atoms with E-state index in [0.717, 1.165) is 30.6 Å². The van der Waals surface area contributed by atoms with Crippen LogP contribution in [-0.2, 0) is 4.79 Å². The van der Waals surface area contributed by atoms with Gasteiger partial charge >= 0.3 is 0 Å². The first-order valence-electron chi connectivity index (χ1n) is 7.39. The molecule has 3 N–H and O–H groups in total. The summed E-state index contributed by atoms with van der Waals surface area (Å²) in [7, 11) is 0. The minimum Gasteiger partial charge on any atom is -0.488 e. The van der Waals surface area contributed by atoms with Gasteiger partial charge in [-0.15, -0.1) is 0 Å². The van der Waals surface area contributed by atoms with E-state index in [9.17, 15) is 9.90 Å². The molecule has 0 aliphatic heterocycles. The number of hydrogen-bond donors (Lipinski definition) is 3. The summed E-state index contributed by atoms with van der Waals surface area (Å²) in [5, 5.41) is 21.7. The molecular weight excluding hydrogens is 270 g/mol. The lowest BCUT2D eigenvalue weighted by molar-refractivity contribution is -0.124. The van der Waals surface area contributed by atoms with Gasteiger partial charge in [0.1, 0.15) is 18.5 Å². The average Bonchev–Trinajstić information content (AvgIpc) is 2.48. The number of carbonyl (C=O) groups excluding carboxylic acids is 1. The fourth-order valence-corrected chi connectivity index (χ4v) is 2.74. The fourth-order valence-electron chi connectivity index (χ4n) is 2.74. The van der Waals surface area contributed by atoms with Crippen molar-refractivity contribution in [1.29, 1.82) is 0 Å². The van der Waals surface area contributed by atoms with Gasteiger partial charge in [-0.05, 0) is 43.9 Å². The van der Waals surface area contributed by atoms with Crippen LogP contribution in [0.3, 0.4) is 0 Å². The highest BCUT2D eigenvalue weighted by molar-refractivity contribution is 5.76. The number of aliphatic hydroxyl groups excluding tert-OH is 2. The number of rotatable bonds is 5. The lowest BCUT2D eigenvalue weighted by atomic mass is 9.84. The molecule has 1 aromatic carbocycles. The van der Waals surface area contributed by atoms with Gasteiger partial charge in [0.2, 0.25) is 5.91 Å². The van der Waals surface area contributed by atoms with E-state index in [-0.39, 0.29) is 12.0 Å². The van der Waals surface area contributed by atoms with Crippen LogP contribution in [0.1, 0.15) is 24.8 Å². The molecule has 3 atom stereocenters. The van der Waals surface area contributed by atoms with Crippen molar-refractivity contribution in [1.82, 2.24) is 5.32 Å². The van der Waals surface area contributed by atoms with Crippen molar-refractivity contribution in [2.75, 3.05) is 13.2 Å². The number of amides is 1. The Morgan fingerprint density at radius 3 is 2.95 bits per heavy atom. The molecule has 0 spiro atoms. The predicted molar refractivity (Wildman–Crippen MR) is 79.0 cm³/mol. The second kappa shape index (κ2) is 7.43. The Balaban J connectivity index is 1.92. The second-order valence-electron chi connectivity index (χ2n) is 5.62. The quantitative estimate of drug-likeness (QED) is 0.757. The number of aryl methyl sites for hydroxylation is 1. The second-order valence-corrected chi connectivity index (χ2v) is 5.62.